The van der Waals surface area contributed by atoms with E-state index in [1.807, 2.05) is 6.07 Å². The highest BCUT2D eigenvalue weighted by molar-refractivity contribution is 6.20. The summed E-state index contributed by atoms with van der Waals surface area (Å²) in [5, 5.41) is 6.84. The van der Waals surface area contributed by atoms with Crippen LogP contribution in [0.4, 0.5) is 0 Å². The molecule has 1 amide bonds. The van der Waals surface area contributed by atoms with Gasteiger partial charge in [-0.05, 0) is 12.1 Å². The van der Waals surface area contributed by atoms with Gasteiger partial charge in [0.1, 0.15) is 0 Å². The number of carbonyl (C=O) groups is 1. The summed E-state index contributed by atoms with van der Waals surface area (Å²) in [4.78, 5) is 15.0. The van der Waals surface area contributed by atoms with Gasteiger partial charge in [-0.3, -0.25) is 9.78 Å². The zero-order valence-electron chi connectivity index (χ0n) is 6.14. The highest BCUT2D eigenvalue weighted by Gasteiger charge is 2.15. The first-order valence-electron chi connectivity index (χ1n) is 3.45. The van der Waals surface area contributed by atoms with Crippen LogP contribution in [0.5, 0.6) is 0 Å². The van der Waals surface area contributed by atoms with Crippen molar-refractivity contribution in [3.8, 4) is 0 Å². The molecule has 0 saturated carbocycles. The van der Waals surface area contributed by atoms with Crippen molar-refractivity contribution in [2.45, 2.75) is 0 Å². The van der Waals surface area contributed by atoms with E-state index in [0.29, 0.717) is 11.3 Å². The molecule has 0 aliphatic carbocycles. The molecule has 0 bridgehead atoms. The smallest absolute Gasteiger partial charge is 0.265 e. The highest BCUT2D eigenvalue weighted by atomic mass is 16.2. The van der Waals surface area contributed by atoms with E-state index in [2.05, 4.69) is 15.2 Å². The summed E-state index contributed by atoms with van der Waals surface area (Å²) in [6.45, 7) is 0. The monoisotopic (exact) mass is 159 g/mol. The largest absolute Gasteiger partial charge is 0.299 e. The minimum atomic E-state index is -0.325. The predicted molar refractivity (Wildman–Crippen MR) is 42.1 cm³/mol. The van der Waals surface area contributed by atoms with E-state index in [-0.39, 0.29) is 5.91 Å². The topological polar surface area (TPSA) is 54.7 Å². The number of aromatic nitrogens is 1. The third-order valence-corrected chi connectivity index (χ3v) is 1.51. The van der Waals surface area contributed by atoms with Crippen LogP contribution >= 0.6 is 0 Å². The van der Waals surface area contributed by atoms with E-state index in [4.69, 9.17) is 0 Å². The van der Waals surface area contributed by atoms with Crippen molar-refractivity contribution in [1.29, 1.82) is 0 Å². The van der Waals surface area contributed by atoms with Crippen LogP contribution in [-0.2, 0) is 4.79 Å². The van der Waals surface area contributed by atoms with Crippen LogP contribution in [0.2, 0.25) is 0 Å². The van der Waals surface area contributed by atoms with Crippen LogP contribution in [0.1, 0.15) is 5.69 Å². The summed E-state index contributed by atoms with van der Waals surface area (Å²) >= 11 is 0. The van der Waals surface area contributed by atoms with Crippen LogP contribution in [0.15, 0.2) is 40.8 Å². The second-order valence-corrected chi connectivity index (χ2v) is 2.28. The quantitative estimate of drug-likeness (QED) is 0.622. The van der Waals surface area contributed by atoms with Crippen LogP contribution in [0, 0.1) is 0 Å². The summed E-state index contributed by atoms with van der Waals surface area (Å²) in [5.74, 6) is -0.325. The van der Waals surface area contributed by atoms with Crippen molar-refractivity contribution < 1.29 is 4.79 Å². The summed E-state index contributed by atoms with van der Waals surface area (Å²) in [6, 6.07) is 5.35. The maximum Gasteiger partial charge on any atom is 0.299 e. The number of hydrogen-bond donors (Lipinski definition) is 0. The molecule has 0 aromatic carbocycles. The first-order chi connectivity index (χ1) is 5.88. The number of azo groups is 1. The van der Waals surface area contributed by atoms with Crippen molar-refractivity contribution in [2.75, 3.05) is 0 Å². The second-order valence-electron chi connectivity index (χ2n) is 2.28. The van der Waals surface area contributed by atoms with Gasteiger partial charge in [0.2, 0.25) is 0 Å². The number of carbonyl (C=O) groups excluding carboxylic acids is 1. The molecular formula is C8H5N3O. The number of hydrogen-bond acceptors (Lipinski definition) is 3. The summed E-state index contributed by atoms with van der Waals surface area (Å²) in [6.07, 6.45) is 3.05. The fraction of sp³-hybridized carbons (Fsp3) is 0. The average Bonchev–Trinajstić information content (AvgIpc) is 2.53. The fourth-order valence-electron chi connectivity index (χ4n) is 0.946. The second kappa shape index (κ2) is 2.65. The SMILES string of the molecule is O=C1N=NC=C1c1ccccn1. The normalized spacial score (nSPS) is 15.0. The Bertz CT molecular complexity index is 367. The molecule has 12 heavy (non-hydrogen) atoms. The van der Waals surface area contributed by atoms with Crippen molar-refractivity contribution in [3.63, 3.8) is 0 Å². The van der Waals surface area contributed by atoms with E-state index in [1.54, 1.807) is 18.3 Å². The van der Waals surface area contributed by atoms with E-state index in [9.17, 15) is 4.79 Å². The summed E-state index contributed by atoms with van der Waals surface area (Å²) in [7, 11) is 0. The Balaban J connectivity index is 2.40. The van der Waals surface area contributed by atoms with Gasteiger partial charge in [0.15, 0.2) is 0 Å². The standard InChI is InChI=1S/C8H5N3O/c12-8-6(5-10-11-8)7-3-1-2-4-9-7/h1-5H. The Labute approximate surface area is 68.7 Å². The molecule has 4 nitrogen and oxygen atoms in total. The Morgan fingerprint density at radius 1 is 1.25 bits per heavy atom. The third kappa shape index (κ3) is 1.03. The zero-order chi connectivity index (χ0) is 8.39. The van der Waals surface area contributed by atoms with Gasteiger partial charge in [-0.25, -0.2) is 0 Å². The molecule has 1 aliphatic rings. The molecule has 1 aliphatic heterocycles. The number of amides is 1. The molecule has 0 N–H and O–H groups in total. The molecule has 0 radical (unpaired) electrons. The molecule has 4 heteroatoms. The highest BCUT2D eigenvalue weighted by Crippen LogP contribution is 2.17. The van der Waals surface area contributed by atoms with Crippen molar-refractivity contribution >= 4 is 11.5 Å². The van der Waals surface area contributed by atoms with E-state index < -0.39 is 0 Å². The number of nitrogens with zero attached hydrogens (tertiary/aromatic N) is 3. The molecule has 2 rings (SSSR count). The molecule has 1 aromatic heterocycles. The molecule has 0 atom stereocenters. The number of rotatable bonds is 1. The molecule has 0 saturated heterocycles. The van der Waals surface area contributed by atoms with Crippen molar-refractivity contribution in [1.82, 2.24) is 4.98 Å². The first-order valence-corrected chi connectivity index (χ1v) is 3.45. The van der Waals surface area contributed by atoms with Gasteiger partial charge in [0.25, 0.3) is 5.91 Å². The Kier molecular flexibility index (Phi) is 1.51. The number of pyridine rings is 1. The van der Waals surface area contributed by atoms with Crippen LogP contribution < -0.4 is 0 Å². The Morgan fingerprint density at radius 3 is 2.75 bits per heavy atom. The van der Waals surface area contributed by atoms with Gasteiger partial charge in [-0.15, -0.1) is 5.11 Å². The molecule has 0 unspecified atom stereocenters. The first kappa shape index (κ1) is 6.84. The van der Waals surface area contributed by atoms with Gasteiger partial charge in [0, 0.05) is 6.20 Å². The molecule has 1 aromatic rings. The van der Waals surface area contributed by atoms with E-state index in [0.717, 1.165) is 0 Å². The zero-order valence-corrected chi connectivity index (χ0v) is 6.14. The predicted octanol–water partition coefficient (Wildman–Crippen LogP) is 1.41. The Morgan fingerprint density at radius 2 is 2.17 bits per heavy atom. The van der Waals surface area contributed by atoms with Crippen LogP contribution in [0.3, 0.4) is 0 Å². The molecular weight excluding hydrogens is 154 g/mol. The van der Waals surface area contributed by atoms with Gasteiger partial charge in [-0.2, -0.15) is 5.11 Å². The fourth-order valence-corrected chi connectivity index (χ4v) is 0.946. The van der Waals surface area contributed by atoms with Crippen molar-refractivity contribution in [3.05, 3.63) is 36.3 Å². The third-order valence-electron chi connectivity index (χ3n) is 1.51. The maximum atomic E-state index is 11.0. The van der Waals surface area contributed by atoms with E-state index >= 15 is 0 Å². The minimum Gasteiger partial charge on any atom is -0.265 e. The van der Waals surface area contributed by atoms with Crippen LogP contribution in [0.25, 0.3) is 5.57 Å². The van der Waals surface area contributed by atoms with E-state index in [1.165, 1.54) is 6.20 Å². The molecule has 2 heterocycles. The molecule has 0 fully saturated rings. The lowest BCUT2D eigenvalue weighted by molar-refractivity contribution is -0.112. The molecule has 0 spiro atoms. The Hall–Kier alpha value is -1.84. The maximum absolute atomic E-state index is 11.0. The van der Waals surface area contributed by atoms with Gasteiger partial charge < -0.3 is 0 Å². The summed E-state index contributed by atoms with van der Waals surface area (Å²) < 4.78 is 0. The lowest BCUT2D eigenvalue weighted by Crippen LogP contribution is -1.95. The van der Waals surface area contributed by atoms with Gasteiger partial charge >= 0.3 is 0 Å². The summed E-state index contributed by atoms with van der Waals surface area (Å²) in [5.41, 5.74) is 1.07. The average molecular weight is 159 g/mol. The van der Waals surface area contributed by atoms with Gasteiger partial charge in [0.05, 0.1) is 17.5 Å². The lowest BCUT2D eigenvalue weighted by Gasteiger charge is -1.94. The van der Waals surface area contributed by atoms with Crippen molar-refractivity contribution in [2.24, 2.45) is 10.2 Å². The van der Waals surface area contributed by atoms with Crippen LogP contribution in [-0.4, -0.2) is 10.9 Å². The molecule has 58 valence electrons. The lowest BCUT2D eigenvalue weighted by atomic mass is 10.2. The van der Waals surface area contributed by atoms with Gasteiger partial charge in [-0.1, -0.05) is 6.07 Å². The minimum absolute atomic E-state index is 0.325.